The van der Waals surface area contributed by atoms with Crippen LogP contribution in [0.25, 0.3) is 0 Å². The van der Waals surface area contributed by atoms with Gasteiger partial charge in [-0.2, -0.15) is 10.1 Å². The van der Waals surface area contributed by atoms with Gasteiger partial charge >= 0.3 is 0 Å². The molecule has 0 unspecified atom stereocenters. The van der Waals surface area contributed by atoms with Gasteiger partial charge in [0.05, 0.1) is 26.1 Å². The Morgan fingerprint density at radius 3 is 2.61 bits per heavy atom. The molecule has 2 aromatic carbocycles. The van der Waals surface area contributed by atoms with Crippen molar-refractivity contribution < 1.29 is 18.9 Å². The molecule has 4 rings (SSSR count). The van der Waals surface area contributed by atoms with E-state index in [2.05, 4.69) is 25.8 Å². The Hall–Kier alpha value is -3.75. The standard InChI is InChI=1S/C19H19N5O4/c1-25-13-4-6-15(26-2)14(10-13)22-18-11-20-24-19(23-18)21-12-3-5-16-17(9-12)28-8-7-27-16/h3-6,9-11H,7-8H2,1-2H3,(H2,21,22,23,24). The van der Waals surface area contributed by atoms with Gasteiger partial charge in [0.25, 0.3) is 0 Å². The van der Waals surface area contributed by atoms with Gasteiger partial charge in [-0.3, -0.25) is 0 Å². The van der Waals surface area contributed by atoms with Gasteiger partial charge in [-0.05, 0) is 24.3 Å². The summed E-state index contributed by atoms with van der Waals surface area (Å²) in [6.45, 7) is 1.07. The number of rotatable bonds is 6. The van der Waals surface area contributed by atoms with E-state index in [0.29, 0.717) is 47.9 Å². The van der Waals surface area contributed by atoms with E-state index in [-0.39, 0.29) is 0 Å². The minimum atomic E-state index is 0.337. The van der Waals surface area contributed by atoms with Crippen molar-refractivity contribution in [2.24, 2.45) is 0 Å². The number of benzene rings is 2. The van der Waals surface area contributed by atoms with Gasteiger partial charge in [0.15, 0.2) is 17.3 Å². The molecule has 0 radical (unpaired) electrons. The highest BCUT2D eigenvalue weighted by molar-refractivity contribution is 5.67. The second kappa shape index (κ2) is 7.87. The van der Waals surface area contributed by atoms with Crippen LogP contribution in [0.1, 0.15) is 0 Å². The molecule has 0 amide bonds. The lowest BCUT2D eigenvalue weighted by Gasteiger charge is -2.19. The number of hydrogen-bond acceptors (Lipinski definition) is 9. The van der Waals surface area contributed by atoms with Crippen LogP contribution in [0.5, 0.6) is 23.0 Å². The molecule has 9 heteroatoms. The average molecular weight is 381 g/mol. The molecule has 0 saturated heterocycles. The van der Waals surface area contributed by atoms with Crippen LogP contribution in [-0.2, 0) is 0 Å². The third-order valence-electron chi connectivity index (χ3n) is 4.03. The number of methoxy groups -OCH3 is 2. The van der Waals surface area contributed by atoms with Gasteiger partial charge in [-0.15, -0.1) is 5.10 Å². The maximum atomic E-state index is 5.59. The summed E-state index contributed by atoms with van der Waals surface area (Å²) in [5.74, 6) is 3.59. The normalized spacial score (nSPS) is 12.2. The zero-order valence-electron chi connectivity index (χ0n) is 15.4. The van der Waals surface area contributed by atoms with Gasteiger partial charge in [0.1, 0.15) is 24.7 Å². The van der Waals surface area contributed by atoms with Gasteiger partial charge in [0.2, 0.25) is 5.95 Å². The van der Waals surface area contributed by atoms with Gasteiger partial charge < -0.3 is 29.6 Å². The summed E-state index contributed by atoms with van der Waals surface area (Å²) < 4.78 is 21.8. The highest BCUT2D eigenvalue weighted by Gasteiger charge is 2.13. The maximum absolute atomic E-state index is 5.59. The lowest BCUT2D eigenvalue weighted by molar-refractivity contribution is 0.171. The first-order valence-corrected chi connectivity index (χ1v) is 8.60. The third-order valence-corrected chi connectivity index (χ3v) is 4.03. The van der Waals surface area contributed by atoms with E-state index < -0.39 is 0 Å². The molecule has 0 fully saturated rings. The quantitative estimate of drug-likeness (QED) is 0.667. The molecule has 1 aliphatic heterocycles. The van der Waals surface area contributed by atoms with Gasteiger partial charge in [-0.25, -0.2) is 0 Å². The highest BCUT2D eigenvalue weighted by atomic mass is 16.6. The van der Waals surface area contributed by atoms with Crippen molar-refractivity contribution in [1.29, 1.82) is 0 Å². The van der Waals surface area contributed by atoms with E-state index in [1.54, 1.807) is 14.2 Å². The summed E-state index contributed by atoms with van der Waals surface area (Å²) in [7, 11) is 3.20. The zero-order chi connectivity index (χ0) is 19.3. The molecular formula is C19H19N5O4. The van der Waals surface area contributed by atoms with Crippen LogP contribution in [0.2, 0.25) is 0 Å². The largest absolute Gasteiger partial charge is 0.497 e. The molecule has 0 aliphatic carbocycles. The molecule has 144 valence electrons. The van der Waals surface area contributed by atoms with Crippen molar-refractivity contribution in [3.63, 3.8) is 0 Å². The van der Waals surface area contributed by atoms with Gasteiger partial charge in [0, 0.05) is 17.8 Å². The highest BCUT2D eigenvalue weighted by Crippen LogP contribution is 2.34. The minimum Gasteiger partial charge on any atom is -0.497 e. The molecule has 28 heavy (non-hydrogen) atoms. The number of fused-ring (bicyclic) bond motifs is 1. The summed E-state index contributed by atoms with van der Waals surface area (Å²) in [5.41, 5.74) is 1.47. The predicted octanol–water partition coefficient (Wildman–Crippen LogP) is 3.15. The van der Waals surface area contributed by atoms with Crippen LogP contribution in [0, 0.1) is 0 Å². The minimum absolute atomic E-state index is 0.337. The van der Waals surface area contributed by atoms with Crippen molar-refractivity contribution in [3.05, 3.63) is 42.6 Å². The van der Waals surface area contributed by atoms with Gasteiger partial charge in [-0.1, -0.05) is 0 Å². The fraction of sp³-hybridized carbons (Fsp3) is 0.211. The van der Waals surface area contributed by atoms with E-state index in [1.165, 1.54) is 6.20 Å². The Labute approximate surface area is 161 Å². The molecule has 2 heterocycles. The van der Waals surface area contributed by atoms with Crippen LogP contribution in [-0.4, -0.2) is 42.6 Å². The number of hydrogen-bond donors (Lipinski definition) is 2. The van der Waals surface area contributed by atoms with Crippen molar-refractivity contribution >= 4 is 23.1 Å². The molecule has 0 spiro atoms. The second-order valence-corrected chi connectivity index (χ2v) is 5.84. The summed E-state index contributed by atoms with van der Waals surface area (Å²) in [6, 6.07) is 11.0. The fourth-order valence-corrected chi connectivity index (χ4v) is 2.72. The number of ether oxygens (including phenoxy) is 4. The Morgan fingerprint density at radius 2 is 1.79 bits per heavy atom. The summed E-state index contributed by atoms with van der Waals surface area (Å²) in [4.78, 5) is 4.44. The van der Waals surface area contributed by atoms with Crippen LogP contribution in [0.15, 0.2) is 42.6 Å². The summed E-state index contributed by atoms with van der Waals surface area (Å²) in [6.07, 6.45) is 1.52. The lowest BCUT2D eigenvalue weighted by atomic mass is 10.2. The molecule has 0 saturated carbocycles. The summed E-state index contributed by atoms with van der Waals surface area (Å²) in [5, 5.41) is 14.3. The number of nitrogens with one attached hydrogen (secondary N) is 2. The van der Waals surface area contributed by atoms with Crippen molar-refractivity contribution in [2.75, 3.05) is 38.1 Å². The van der Waals surface area contributed by atoms with Crippen LogP contribution in [0.4, 0.5) is 23.1 Å². The Balaban J connectivity index is 1.54. The van der Waals surface area contributed by atoms with E-state index >= 15 is 0 Å². The smallest absolute Gasteiger partial charge is 0.249 e. The second-order valence-electron chi connectivity index (χ2n) is 5.84. The van der Waals surface area contributed by atoms with E-state index in [9.17, 15) is 0 Å². The first-order valence-electron chi connectivity index (χ1n) is 8.60. The Kier molecular flexibility index (Phi) is 4.96. The van der Waals surface area contributed by atoms with Crippen LogP contribution >= 0.6 is 0 Å². The molecule has 0 bridgehead atoms. The average Bonchev–Trinajstić information content (AvgIpc) is 2.74. The predicted molar refractivity (Wildman–Crippen MR) is 103 cm³/mol. The topological polar surface area (TPSA) is 99.7 Å². The molecule has 3 aromatic rings. The van der Waals surface area contributed by atoms with Crippen LogP contribution in [0.3, 0.4) is 0 Å². The molecule has 9 nitrogen and oxygen atoms in total. The SMILES string of the molecule is COc1ccc(OC)c(Nc2cnnc(Nc3ccc4c(c3)OCCO4)n2)c1. The Bertz CT molecular complexity index is 982. The monoisotopic (exact) mass is 381 g/mol. The first-order chi connectivity index (χ1) is 13.7. The molecule has 0 atom stereocenters. The van der Waals surface area contributed by atoms with Crippen LogP contribution < -0.4 is 29.6 Å². The maximum Gasteiger partial charge on any atom is 0.249 e. The van der Waals surface area contributed by atoms with Crippen molar-refractivity contribution in [3.8, 4) is 23.0 Å². The third kappa shape index (κ3) is 3.83. The Morgan fingerprint density at radius 1 is 0.929 bits per heavy atom. The fourth-order valence-electron chi connectivity index (χ4n) is 2.72. The van der Waals surface area contributed by atoms with Crippen molar-refractivity contribution in [2.45, 2.75) is 0 Å². The number of anilines is 4. The molecule has 2 N–H and O–H groups in total. The van der Waals surface area contributed by atoms with E-state index in [1.807, 2.05) is 36.4 Å². The van der Waals surface area contributed by atoms with E-state index in [4.69, 9.17) is 18.9 Å². The van der Waals surface area contributed by atoms with E-state index in [0.717, 1.165) is 11.4 Å². The number of nitrogens with zero attached hydrogens (tertiary/aromatic N) is 3. The van der Waals surface area contributed by atoms with Crippen molar-refractivity contribution in [1.82, 2.24) is 15.2 Å². The molecule has 1 aromatic heterocycles. The molecule has 1 aliphatic rings. The zero-order valence-corrected chi connectivity index (χ0v) is 15.4. The molecular weight excluding hydrogens is 362 g/mol. The lowest BCUT2D eigenvalue weighted by Crippen LogP contribution is -2.15. The first kappa shape index (κ1) is 17.7. The number of aromatic nitrogens is 3. The summed E-state index contributed by atoms with van der Waals surface area (Å²) >= 11 is 0.